The molecule has 1 aliphatic carbocycles. The first-order valence-electron chi connectivity index (χ1n) is 7.79. The van der Waals surface area contributed by atoms with Crippen molar-refractivity contribution in [3.8, 4) is 0 Å². The van der Waals surface area contributed by atoms with Crippen LogP contribution >= 0.6 is 11.6 Å². The van der Waals surface area contributed by atoms with Gasteiger partial charge in [0.25, 0.3) is 5.91 Å². The molecule has 0 spiro atoms. The summed E-state index contributed by atoms with van der Waals surface area (Å²) in [5, 5.41) is 0.330. The number of nitrogens with zero attached hydrogens (tertiary/aromatic N) is 2. The zero-order chi connectivity index (χ0) is 16.4. The Bertz CT molecular complexity index is 667. The third-order valence-corrected chi connectivity index (χ3v) is 4.56. The fraction of sp³-hybridized carbons (Fsp3) is 0.412. The van der Waals surface area contributed by atoms with Gasteiger partial charge in [-0.05, 0) is 37.5 Å². The lowest BCUT2D eigenvalue weighted by Crippen LogP contribution is -2.51. The molecule has 0 unspecified atom stereocenters. The fourth-order valence-electron chi connectivity index (χ4n) is 3.01. The Hall–Kier alpha value is -1.88. The predicted octanol–water partition coefficient (Wildman–Crippen LogP) is 2.87. The number of halogens is 2. The van der Waals surface area contributed by atoms with Crippen LogP contribution in [0.15, 0.2) is 29.8 Å². The van der Waals surface area contributed by atoms with Crippen LogP contribution in [0.25, 0.3) is 0 Å². The van der Waals surface area contributed by atoms with Gasteiger partial charge in [-0.3, -0.25) is 9.59 Å². The van der Waals surface area contributed by atoms with Crippen LogP contribution in [0, 0.1) is 5.82 Å². The van der Waals surface area contributed by atoms with E-state index in [1.807, 2.05) is 6.08 Å². The summed E-state index contributed by atoms with van der Waals surface area (Å²) in [7, 11) is 0. The zero-order valence-corrected chi connectivity index (χ0v) is 13.5. The minimum atomic E-state index is -0.575. The Labute approximate surface area is 139 Å². The van der Waals surface area contributed by atoms with Crippen LogP contribution in [0.5, 0.6) is 0 Å². The molecule has 1 aromatic rings. The van der Waals surface area contributed by atoms with Crippen LogP contribution in [0.1, 0.15) is 29.6 Å². The van der Waals surface area contributed by atoms with Crippen molar-refractivity contribution in [3.05, 3.63) is 46.3 Å². The Morgan fingerprint density at radius 2 is 1.70 bits per heavy atom. The molecule has 23 heavy (non-hydrogen) atoms. The number of carbonyl (C=O) groups is 2. The highest BCUT2D eigenvalue weighted by Crippen LogP contribution is 2.21. The molecule has 0 aromatic heterocycles. The largest absolute Gasteiger partial charge is 0.335 e. The molecule has 2 aliphatic rings. The maximum atomic E-state index is 13.8. The van der Waals surface area contributed by atoms with E-state index in [-0.39, 0.29) is 17.4 Å². The molecule has 0 N–H and O–H groups in total. The maximum Gasteiger partial charge on any atom is 0.257 e. The van der Waals surface area contributed by atoms with E-state index in [0.717, 1.165) is 24.8 Å². The Kier molecular flexibility index (Phi) is 4.66. The van der Waals surface area contributed by atoms with Gasteiger partial charge in [0.2, 0.25) is 5.91 Å². The molecule has 1 fully saturated rings. The van der Waals surface area contributed by atoms with Crippen molar-refractivity contribution in [3.63, 3.8) is 0 Å². The van der Waals surface area contributed by atoms with Crippen molar-refractivity contribution >= 4 is 23.4 Å². The van der Waals surface area contributed by atoms with Crippen molar-refractivity contribution < 1.29 is 14.0 Å². The highest BCUT2D eigenvalue weighted by Gasteiger charge is 2.28. The van der Waals surface area contributed by atoms with Gasteiger partial charge in [-0.1, -0.05) is 17.7 Å². The standard InChI is InChI=1S/C17H18ClFN2O2/c18-13-5-6-15(19)14(11-13)17(23)21-9-7-20(8-10-21)16(22)12-3-1-2-4-12/h3,5-6,11H,1-2,4,7-10H2. The molecular formula is C17H18ClFN2O2. The molecule has 2 amide bonds. The second kappa shape index (κ2) is 6.71. The van der Waals surface area contributed by atoms with Crippen molar-refractivity contribution in [2.45, 2.75) is 19.3 Å². The van der Waals surface area contributed by atoms with Gasteiger partial charge in [-0.2, -0.15) is 0 Å². The number of benzene rings is 1. The third kappa shape index (κ3) is 3.39. The van der Waals surface area contributed by atoms with E-state index in [1.54, 1.807) is 9.80 Å². The van der Waals surface area contributed by atoms with Crippen LogP contribution in [-0.2, 0) is 4.79 Å². The summed E-state index contributed by atoms with van der Waals surface area (Å²) in [6.07, 6.45) is 4.84. The summed E-state index contributed by atoms with van der Waals surface area (Å²) >= 11 is 5.84. The molecular weight excluding hydrogens is 319 g/mol. The van der Waals surface area contributed by atoms with Gasteiger partial charge in [0.15, 0.2) is 0 Å². The van der Waals surface area contributed by atoms with E-state index in [4.69, 9.17) is 11.6 Å². The summed E-state index contributed by atoms with van der Waals surface area (Å²) in [4.78, 5) is 28.1. The van der Waals surface area contributed by atoms with Gasteiger partial charge >= 0.3 is 0 Å². The summed E-state index contributed by atoms with van der Waals surface area (Å²) in [6, 6.07) is 3.96. The predicted molar refractivity (Wildman–Crippen MR) is 85.8 cm³/mol. The highest BCUT2D eigenvalue weighted by molar-refractivity contribution is 6.31. The first-order chi connectivity index (χ1) is 11.1. The summed E-state index contributed by atoms with van der Waals surface area (Å²) < 4.78 is 13.8. The molecule has 1 aromatic carbocycles. The monoisotopic (exact) mass is 336 g/mol. The average molecular weight is 337 g/mol. The first kappa shape index (κ1) is 16.0. The van der Waals surface area contributed by atoms with Crippen LogP contribution < -0.4 is 0 Å². The lowest BCUT2D eigenvalue weighted by atomic mass is 10.1. The number of hydrogen-bond acceptors (Lipinski definition) is 2. The van der Waals surface area contributed by atoms with Crippen molar-refractivity contribution in [2.75, 3.05) is 26.2 Å². The summed E-state index contributed by atoms with van der Waals surface area (Å²) in [5.41, 5.74) is 0.862. The van der Waals surface area contributed by atoms with Crippen LogP contribution in [0.2, 0.25) is 5.02 Å². The minimum absolute atomic E-state index is 0.0178. The second-order valence-corrected chi connectivity index (χ2v) is 6.27. The molecule has 0 atom stereocenters. The normalized spacial score (nSPS) is 18.1. The number of allylic oxidation sites excluding steroid dienone is 1. The van der Waals surface area contributed by atoms with Gasteiger partial charge in [-0.15, -0.1) is 0 Å². The van der Waals surface area contributed by atoms with Gasteiger partial charge in [0.05, 0.1) is 5.56 Å². The van der Waals surface area contributed by atoms with E-state index < -0.39 is 5.82 Å². The number of hydrogen-bond donors (Lipinski definition) is 0. The first-order valence-corrected chi connectivity index (χ1v) is 8.16. The van der Waals surface area contributed by atoms with Gasteiger partial charge in [0, 0.05) is 36.8 Å². The molecule has 4 nitrogen and oxygen atoms in total. The zero-order valence-electron chi connectivity index (χ0n) is 12.7. The quantitative estimate of drug-likeness (QED) is 0.833. The summed E-state index contributed by atoms with van der Waals surface area (Å²) in [6.45, 7) is 1.77. The van der Waals surface area contributed by atoms with Crippen molar-refractivity contribution in [2.24, 2.45) is 0 Å². The van der Waals surface area contributed by atoms with Crippen molar-refractivity contribution in [1.29, 1.82) is 0 Å². The second-order valence-electron chi connectivity index (χ2n) is 5.83. The number of piperazine rings is 1. The Morgan fingerprint density at radius 1 is 1.04 bits per heavy atom. The fourth-order valence-corrected chi connectivity index (χ4v) is 3.18. The Morgan fingerprint density at radius 3 is 2.30 bits per heavy atom. The molecule has 1 heterocycles. The Balaban J connectivity index is 1.63. The van der Waals surface area contributed by atoms with Gasteiger partial charge in [-0.25, -0.2) is 4.39 Å². The molecule has 0 saturated carbocycles. The molecule has 0 bridgehead atoms. The molecule has 0 radical (unpaired) electrons. The van der Waals surface area contributed by atoms with Gasteiger partial charge < -0.3 is 9.80 Å². The smallest absolute Gasteiger partial charge is 0.257 e. The number of carbonyl (C=O) groups excluding carboxylic acids is 2. The maximum absolute atomic E-state index is 13.8. The van der Waals surface area contributed by atoms with Crippen LogP contribution in [0.4, 0.5) is 4.39 Å². The average Bonchev–Trinajstić information content (AvgIpc) is 3.10. The SMILES string of the molecule is O=C(C1=CCCC1)N1CCN(C(=O)c2cc(Cl)ccc2F)CC1. The molecule has 1 saturated heterocycles. The van der Waals surface area contributed by atoms with Crippen LogP contribution in [-0.4, -0.2) is 47.8 Å². The highest BCUT2D eigenvalue weighted by atomic mass is 35.5. The molecule has 6 heteroatoms. The van der Waals surface area contributed by atoms with E-state index in [2.05, 4.69) is 0 Å². The van der Waals surface area contributed by atoms with E-state index in [9.17, 15) is 14.0 Å². The van der Waals surface area contributed by atoms with Gasteiger partial charge in [0.1, 0.15) is 5.82 Å². The van der Waals surface area contributed by atoms with Crippen molar-refractivity contribution in [1.82, 2.24) is 9.80 Å². The van der Waals surface area contributed by atoms with E-state index in [0.29, 0.717) is 31.2 Å². The topological polar surface area (TPSA) is 40.6 Å². The number of rotatable bonds is 2. The van der Waals surface area contributed by atoms with Crippen LogP contribution in [0.3, 0.4) is 0 Å². The molecule has 3 rings (SSSR count). The molecule has 122 valence electrons. The lowest BCUT2D eigenvalue weighted by Gasteiger charge is -2.35. The van der Waals surface area contributed by atoms with E-state index in [1.165, 1.54) is 18.2 Å². The lowest BCUT2D eigenvalue weighted by molar-refractivity contribution is -0.128. The van der Waals surface area contributed by atoms with E-state index >= 15 is 0 Å². The molecule has 1 aliphatic heterocycles. The number of amides is 2. The summed E-state index contributed by atoms with van der Waals surface area (Å²) in [5.74, 6) is -0.880. The minimum Gasteiger partial charge on any atom is -0.335 e. The third-order valence-electron chi connectivity index (χ3n) is 4.33.